The lowest BCUT2D eigenvalue weighted by Crippen LogP contribution is -2.27. The zero-order chi connectivity index (χ0) is 10.2. The first-order valence-corrected chi connectivity index (χ1v) is 5.67. The number of hydrogen-bond donors (Lipinski definition) is 0. The second-order valence-corrected chi connectivity index (χ2v) is 3.77. The maximum Gasteiger partial charge on any atom is 0.0351 e. The van der Waals surface area contributed by atoms with Crippen LogP contribution in [-0.4, -0.2) is 34.7 Å². The van der Waals surface area contributed by atoms with Gasteiger partial charge in [0.25, 0.3) is 0 Å². The van der Waals surface area contributed by atoms with Crippen LogP contribution in [-0.2, 0) is 6.54 Å². The summed E-state index contributed by atoms with van der Waals surface area (Å²) in [4.78, 5) is 6.28. The molecule has 1 heterocycles. The third kappa shape index (κ3) is 6.21. The van der Waals surface area contributed by atoms with Crippen LogP contribution < -0.4 is 0 Å². The van der Waals surface area contributed by atoms with Crippen molar-refractivity contribution in [2.24, 2.45) is 0 Å². The molecule has 0 aliphatic rings. The van der Waals surface area contributed by atoms with Gasteiger partial charge in [-0.15, -0.1) is 35.6 Å². The standard InChI is InChI=1S/C10H14Cl2N2.ClH/c11-3-6-14(7-4-12)9-10-2-1-5-13-8-10;/h1-2,5,8H,3-4,6-7,9H2;1H. The van der Waals surface area contributed by atoms with Crippen LogP contribution in [0.25, 0.3) is 0 Å². The maximum absolute atomic E-state index is 5.70. The van der Waals surface area contributed by atoms with E-state index in [1.165, 1.54) is 5.56 Å². The zero-order valence-electron chi connectivity index (χ0n) is 8.40. The topological polar surface area (TPSA) is 16.1 Å². The van der Waals surface area contributed by atoms with Crippen molar-refractivity contribution in [2.45, 2.75) is 6.54 Å². The molecular weight excluding hydrogens is 254 g/mol. The van der Waals surface area contributed by atoms with Crippen LogP contribution in [0.2, 0.25) is 0 Å². The molecule has 0 saturated carbocycles. The minimum Gasteiger partial charge on any atom is -0.297 e. The van der Waals surface area contributed by atoms with Crippen molar-refractivity contribution in [3.8, 4) is 0 Å². The molecule has 0 spiro atoms. The molecule has 86 valence electrons. The Bertz CT molecular complexity index is 238. The molecule has 0 radical (unpaired) electrons. The smallest absolute Gasteiger partial charge is 0.0351 e. The highest BCUT2D eigenvalue weighted by Crippen LogP contribution is 2.03. The summed E-state index contributed by atoms with van der Waals surface area (Å²) in [6.45, 7) is 2.60. The molecule has 1 rings (SSSR count). The van der Waals surface area contributed by atoms with Crippen LogP contribution >= 0.6 is 35.6 Å². The summed E-state index contributed by atoms with van der Waals surface area (Å²) in [5.74, 6) is 1.27. The van der Waals surface area contributed by atoms with Gasteiger partial charge in [-0.05, 0) is 11.6 Å². The highest BCUT2D eigenvalue weighted by molar-refractivity contribution is 6.18. The lowest BCUT2D eigenvalue weighted by atomic mass is 10.2. The molecule has 0 aliphatic heterocycles. The molecule has 0 amide bonds. The van der Waals surface area contributed by atoms with Gasteiger partial charge in [0.1, 0.15) is 0 Å². The Balaban J connectivity index is 0.00000196. The van der Waals surface area contributed by atoms with Crippen molar-refractivity contribution in [2.75, 3.05) is 24.8 Å². The van der Waals surface area contributed by atoms with E-state index in [0.717, 1.165) is 19.6 Å². The number of rotatable bonds is 6. The number of halogens is 3. The maximum atomic E-state index is 5.70. The number of nitrogens with zero attached hydrogens (tertiary/aromatic N) is 2. The highest BCUT2D eigenvalue weighted by Gasteiger charge is 2.03. The predicted octanol–water partition coefficient (Wildman–Crippen LogP) is 2.78. The minimum absolute atomic E-state index is 0. The predicted molar refractivity (Wildman–Crippen MR) is 68.2 cm³/mol. The summed E-state index contributed by atoms with van der Waals surface area (Å²) < 4.78 is 0. The van der Waals surface area contributed by atoms with Crippen molar-refractivity contribution in [3.05, 3.63) is 30.1 Å². The summed E-state index contributed by atoms with van der Waals surface area (Å²) >= 11 is 11.4. The van der Waals surface area contributed by atoms with E-state index >= 15 is 0 Å². The van der Waals surface area contributed by atoms with Crippen LogP contribution in [0.3, 0.4) is 0 Å². The second kappa shape index (κ2) is 9.22. The Labute approximate surface area is 107 Å². The summed E-state index contributed by atoms with van der Waals surface area (Å²) in [7, 11) is 0. The molecule has 0 aromatic carbocycles. The highest BCUT2D eigenvalue weighted by atomic mass is 35.5. The van der Waals surface area contributed by atoms with Crippen LogP contribution in [0.15, 0.2) is 24.5 Å². The first kappa shape index (κ1) is 15.0. The molecule has 5 heteroatoms. The van der Waals surface area contributed by atoms with Gasteiger partial charge in [0, 0.05) is 43.8 Å². The van der Waals surface area contributed by atoms with Crippen molar-refractivity contribution < 1.29 is 0 Å². The van der Waals surface area contributed by atoms with E-state index in [1.807, 2.05) is 12.3 Å². The lowest BCUT2D eigenvalue weighted by Gasteiger charge is -2.19. The Morgan fingerprint density at radius 1 is 1.20 bits per heavy atom. The fraction of sp³-hybridized carbons (Fsp3) is 0.500. The normalized spacial score (nSPS) is 10.1. The van der Waals surface area contributed by atoms with Crippen LogP contribution in [0.5, 0.6) is 0 Å². The number of hydrogen-bond acceptors (Lipinski definition) is 2. The molecule has 15 heavy (non-hydrogen) atoms. The van der Waals surface area contributed by atoms with E-state index in [0.29, 0.717) is 11.8 Å². The Hall–Kier alpha value is -0.0200. The molecule has 0 aliphatic carbocycles. The average molecular weight is 270 g/mol. The average Bonchev–Trinajstić information content (AvgIpc) is 2.20. The van der Waals surface area contributed by atoms with E-state index < -0.39 is 0 Å². The third-order valence-corrected chi connectivity index (χ3v) is 2.27. The zero-order valence-corrected chi connectivity index (χ0v) is 10.7. The minimum atomic E-state index is 0. The molecule has 0 atom stereocenters. The SMILES string of the molecule is Cl.ClCCN(CCCl)Cc1cccnc1. The van der Waals surface area contributed by atoms with Crippen LogP contribution in [0, 0.1) is 0 Å². The summed E-state index contributed by atoms with van der Waals surface area (Å²) in [5.41, 5.74) is 1.20. The molecule has 0 N–H and O–H groups in total. The van der Waals surface area contributed by atoms with Crippen LogP contribution in [0.4, 0.5) is 0 Å². The second-order valence-electron chi connectivity index (χ2n) is 3.02. The monoisotopic (exact) mass is 268 g/mol. The van der Waals surface area contributed by atoms with E-state index in [1.54, 1.807) is 6.20 Å². The van der Waals surface area contributed by atoms with Gasteiger partial charge in [-0.25, -0.2) is 0 Å². The number of aromatic nitrogens is 1. The van der Waals surface area contributed by atoms with E-state index in [2.05, 4.69) is 16.0 Å². The molecule has 0 saturated heterocycles. The molecule has 2 nitrogen and oxygen atoms in total. The first-order chi connectivity index (χ1) is 6.86. The van der Waals surface area contributed by atoms with Gasteiger partial charge in [-0.2, -0.15) is 0 Å². The molecular formula is C10H15Cl3N2. The van der Waals surface area contributed by atoms with Gasteiger partial charge < -0.3 is 0 Å². The molecule has 0 unspecified atom stereocenters. The van der Waals surface area contributed by atoms with Crippen molar-refractivity contribution in [3.63, 3.8) is 0 Å². The fourth-order valence-electron chi connectivity index (χ4n) is 1.26. The fourth-order valence-corrected chi connectivity index (χ4v) is 1.74. The summed E-state index contributed by atoms with van der Waals surface area (Å²) in [5, 5.41) is 0. The number of pyridine rings is 1. The first-order valence-electron chi connectivity index (χ1n) is 4.60. The van der Waals surface area contributed by atoms with Gasteiger partial charge in [-0.3, -0.25) is 9.88 Å². The largest absolute Gasteiger partial charge is 0.297 e. The van der Waals surface area contributed by atoms with Crippen molar-refractivity contribution in [1.29, 1.82) is 0 Å². The molecule has 0 fully saturated rings. The summed E-state index contributed by atoms with van der Waals surface area (Å²) in [6.07, 6.45) is 3.65. The Morgan fingerprint density at radius 3 is 2.33 bits per heavy atom. The van der Waals surface area contributed by atoms with Crippen molar-refractivity contribution >= 4 is 35.6 Å². The van der Waals surface area contributed by atoms with E-state index in [4.69, 9.17) is 23.2 Å². The molecule has 0 bridgehead atoms. The molecule has 1 aromatic rings. The van der Waals surface area contributed by atoms with Gasteiger partial charge >= 0.3 is 0 Å². The Kier molecular flexibility index (Phi) is 9.21. The van der Waals surface area contributed by atoms with Gasteiger partial charge in [0.05, 0.1) is 0 Å². The quantitative estimate of drug-likeness (QED) is 0.738. The van der Waals surface area contributed by atoms with E-state index in [9.17, 15) is 0 Å². The van der Waals surface area contributed by atoms with Crippen LogP contribution in [0.1, 0.15) is 5.56 Å². The summed E-state index contributed by atoms with van der Waals surface area (Å²) in [6, 6.07) is 4.00. The lowest BCUT2D eigenvalue weighted by molar-refractivity contribution is 0.299. The van der Waals surface area contributed by atoms with Gasteiger partial charge in [0.2, 0.25) is 0 Å². The van der Waals surface area contributed by atoms with E-state index in [-0.39, 0.29) is 12.4 Å². The molecule has 1 aromatic heterocycles. The van der Waals surface area contributed by atoms with Crippen molar-refractivity contribution in [1.82, 2.24) is 9.88 Å². The van der Waals surface area contributed by atoms with Gasteiger partial charge in [0.15, 0.2) is 0 Å². The number of alkyl halides is 2. The third-order valence-electron chi connectivity index (χ3n) is 1.93. The Morgan fingerprint density at radius 2 is 1.87 bits per heavy atom. The van der Waals surface area contributed by atoms with Gasteiger partial charge in [-0.1, -0.05) is 6.07 Å².